The van der Waals surface area contributed by atoms with E-state index in [0.29, 0.717) is 0 Å². The number of hydrogen-bond donors (Lipinski definition) is 3. The molecule has 0 saturated heterocycles. The van der Waals surface area contributed by atoms with Crippen LogP contribution < -0.4 is 10.6 Å². The summed E-state index contributed by atoms with van der Waals surface area (Å²) in [5.74, 6) is 0.731. The first-order valence-electron chi connectivity index (χ1n) is 10.9. The van der Waals surface area contributed by atoms with Gasteiger partial charge < -0.3 is 20.9 Å². The Morgan fingerprint density at radius 1 is 1.03 bits per heavy atom. The number of fused-ring (bicyclic) bond motifs is 1. The predicted octanol–water partition coefficient (Wildman–Crippen LogP) is 3.55. The maximum Gasteiger partial charge on any atom is 0.141 e. The van der Waals surface area contributed by atoms with Crippen molar-refractivity contribution in [1.29, 1.82) is 5.41 Å². The molecule has 0 aliphatic carbocycles. The van der Waals surface area contributed by atoms with Gasteiger partial charge >= 0.3 is 0 Å². The van der Waals surface area contributed by atoms with Crippen LogP contribution in [-0.4, -0.2) is 53.3 Å². The molecule has 2 heterocycles. The minimum atomic E-state index is 0.731. The Morgan fingerprint density at radius 2 is 1.88 bits per heavy atom. The Balaban J connectivity index is 1.58. The minimum absolute atomic E-state index is 0.731. The lowest BCUT2D eigenvalue weighted by atomic mass is 10.1. The first kappa shape index (κ1) is 22.3. The lowest BCUT2D eigenvalue weighted by molar-refractivity contribution is -0.586. The number of rotatable bonds is 9. The van der Waals surface area contributed by atoms with Gasteiger partial charge in [0.15, 0.2) is 0 Å². The molecule has 2 aromatic heterocycles. The summed E-state index contributed by atoms with van der Waals surface area (Å²) in [6.45, 7) is 1.91. The maximum absolute atomic E-state index is 7.83. The van der Waals surface area contributed by atoms with Crippen molar-refractivity contribution in [3.05, 3.63) is 85.0 Å². The van der Waals surface area contributed by atoms with E-state index in [4.69, 9.17) is 5.41 Å². The number of nitrogens with one attached hydrogen (secondary N) is 2. The number of allylic oxidation sites excluding steroid dienone is 1. The zero-order chi connectivity index (χ0) is 23.0. The summed E-state index contributed by atoms with van der Waals surface area (Å²) < 4.78 is 0. The number of anilines is 2. The van der Waals surface area contributed by atoms with Gasteiger partial charge in [-0.2, -0.15) is 0 Å². The topological polar surface area (TPSA) is 94.4 Å². The lowest BCUT2D eigenvalue weighted by Gasteiger charge is -2.11. The first-order chi connectivity index (χ1) is 16.1. The zero-order valence-corrected chi connectivity index (χ0v) is 18.9. The molecule has 4 aromatic rings. The van der Waals surface area contributed by atoms with Gasteiger partial charge in [-0.15, -0.1) is 0 Å². The summed E-state index contributed by atoms with van der Waals surface area (Å²) in [6, 6.07) is 20.0. The highest BCUT2D eigenvalue weighted by Gasteiger charge is 2.09. The van der Waals surface area contributed by atoms with Crippen molar-refractivity contribution in [2.75, 3.05) is 32.5 Å². The second-order valence-corrected chi connectivity index (χ2v) is 7.97. The minimum Gasteiger partial charge on any atom is -0.340 e. The van der Waals surface area contributed by atoms with Crippen molar-refractivity contribution in [3.8, 4) is 11.3 Å². The Kier molecular flexibility index (Phi) is 7.14. The fourth-order valence-electron chi connectivity index (χ4n) is 3.52. The molecule has 7 nitrogen and oxygen atoms in total. The van der Waals surface area contributed by atoms with Crippen LogP contribution in [0.25, 0.3) is 27.7 Å². The Morgan fingerprint density at radius 3 is 2.67 bits per heavy atom. The number of nitrogens with zero attached hydrogens (tertiary/aromatic N) is 4. The first-order valence-corrected chi connectivity index (χ1v) is 10.9. The molecule has 33 heavy (non-hydrogen) atoms. The average molecular weight is 439 g/mol. The van der Waals surface area contributed by atoms with E-state index in [0.717, 1.165) is 57.9 Å². The highest BCUT2D eigenvalue weighted by atomic mass is 15.1. The van der Waals surface area contributed by atoms with Crippen molar-refractivity contribution in [1.82, 2.24) is 19.9 Å². The monoisotopic (exact) mass is 438 g/mol. The average Bonchev–Trinajstić information content (AvgIpc) is 2.84. The van der Waals surface area contributed by atoms with Crippen LogP contribution in [0.2, 0.25) is 0 Å². The molecule has 7 heteroatoms. The molecule has 2 aromatic carbocycles. The number of pyridine rings is 1. The van der Waals surface area contributed by atoms with Crippen molar-refractivity contribution in [2.24, 2.45) is 0 Å². The van der Waals surface area contributed by atoms with Crippen molar-refractivity contribution >= 4 is 34.2 Å². The van der Waals surface area contributed by atoms with E-state index in [1.54, 1.807) is 12.5 Å². The summed E-state index contributed by atoms with van der Waals surface area (Å²) in [6.07, 6.45) is 6.74. The molecule has 0 unspecified atom stereocenters. The van der Waals surface area contributed by atoms with Crippen LogP contribution >= 0.6 is 0 Å². The summed E-state index contributed by atoms with van der Waals surface area (Å²) in [7, 11) is 4.11. The molecule has 0 spiro atoms. The smallest absolute Gasteiger partial charge is 0.141 e. The largest absolute Gasteiger partial charge is 0.340 e. The molecular weight excluding hydrogens is 410 g/mol. The lowest BCUT2D eigenvalue weighted by Crippen LogP contribution is -2.79. The molecule has 0 bridgehead atoms. The molecule has 0 fully saturated rings. The zero-order valence-electron chi connectivity index (χ0n) is 18.9. The number of aromatic nitrogens is 3. The van der Waals surface area contributed by atoms with Gasteiger partial charge in [0, 0.05) is 35.6 Å². The van der Waals surface area contributed by atoms with Crippen LogP contribution in [0.5, 0.6) is 0 Å². The Labute approximate surface area is 193 Å². The van der Waals surface area contributed by atoms with Crippen molar-refractivity contribution in [3.63, 3.8) is 0 Å². The van der Waals surface area contributed by atoms with E-state index in [2.05, 4.69) is 44.6 Å². The second-order valence-electron chi connectivity index (χ2n) is 7.97. The van der Waals surface area contributed by atoms with Gasteiger partial charge in [-0.05, 0) is 43.9 Å². The fourth-order valence-corrected chi connectivity index (χ4v) is 3.52. The van der Waals surface area contributed by atoms with Crippen LogP contribution in [0.4, 0.5) is 11.5 Å². The van der Waals surface area contributed by atoms with E-state index in [1.165, 1.54) is 6.21 Å². The van der Waals surface area contributed by atoms with Gasteiger partial charge in [-0.3, -0.25) is 4.98 Å². The summed E-state index contributed by atoms with van der Waals surface area (Å²) in [5.41, 5.74) is 5.50. The standard InChI is InChI=1S/C26H27N7/c1-33(2)13-12-28-17-21(16-27)20-8-9-23-25(14-20)30-18-31-26(23)32-22-10-11-29-24(15-22)19-6-4-3-5-7-19/h3-11,14-18,27-28H,12-13H2,1-2H3,(H,29,30,31,32)/p+1/b21-17+,27-16?. The second kappa shape index (κ2) is 10.6. The molecule has 4 rings (SSSR count). The molecule has 0 radical (unpaired) electrons. The van der Waals surface area contributed by atoms with Crippen LogP contribution in [-0.2, 0) is 0 Å². The maximum atomic E-state index is 7.83. The van der Waals surface area contributed by atoms with Gasteiger partial charge in [0.05, 0.1) is 23.3 Å². The van der Waals surface area contributed by atoms with E-state index in [9.17, 15) is 0 Å². The SMILES string of the molecule is CN(C)CC[NH2+]/C=C(\C=N)c1ccc2c(Nc3ccnc(-c4ccccc4)c3)ncnc2c1. The van der Waals surface area contributed by atoms with E-state index < -0.39 is 0 Å². The fraction of sp³-hybridized carbons (Fsp3) is 0.154. The van der Waals surface area contributed by atoms with Gasteiger partial charge in [-0.1, -0.05) is 36.4 Å². The van der Waals surface area contributed by atoms with Crippen molar-refractivity contribution < 1.29 is 5.32 Å². The van der Waals surface area contributed by atoms with Gasteiger partial charge in [0.25, 0.3) is 0 Å². The number of nitrogens with two attached hydrogens (primary N) is 1. The van der Waals surface area contributed by atoms with E-state index in [-0.39, 0.29) is 0 Å². The van der Waals surface area contributed by atoms with Crippen LogP contribution in [0.3, 0.4) is 0 Å². The molecule has 4 N–H and O–H groups in total. The summed E-state index contributed by atoms with van der Waals surface area (Å²) >= 11 is 0. The van der Waals surface area contributed by atoms with Gasteiger partial charge in [-0.25, -0.2) is 9.97 Å². The van der Waals surface area contributed by atoms with Crippen LogP contribution in [0, 0.1) is 5.41 Å². The predicted molar refractivity (Wildman–Crippen MR) is 135 cm³/mol. The number of likely N-dealkylation sites (N-methyl/N-ethyl adjacent to an activating group) is 1. The molecule has 166 valence electrons. The van der Waals surface area contributed by atoms with E-state index >= 15 is 0 Å². The molecule has 0 atom stereocenters. The third kappa shape index (κ3) is 5.65. The third-order valence-corrected chi connectivity index (χ3v) is 5.26. The van der Waals surface area contributed by atoms with Crippen LogP contribution in [0.1, 0.15) is 5.56 Å². The van der Waals surface area contributed by atoms with Crippen molar-refractivity contribution in [2.45, 2.75) is 0 Å². The van der Waals surface area contributed by atoms with Crippen LogP contribution in [0.15, 0.2) is 79.4 Å². The molecule has 0 aliphatic heterocycles. The third-order valence-electron chi connectivity index (χ3n) is 5.26. The van der Waals surface area contributed by atoms with Gasteiger partial charge in [0.2, 0.25) is 0 Å². The number of hydrogen-bond acceptors (Lipinski definition) is 6. The molecule has 0 saturated carbocycles. The van der Waals surface area contributed by atoms with E-state index in [1.807, 2.05) is 66.9 Å². The Bertz CT molecular complexity index is 1270. The van der Waals surface area contributed by atoms with Gasteiger partial charge in [0.1, 0.15) is 18.3 Å². The summed E-state index contributed by atoms with van der Waals surface area (Å²) in [5, 5.41) is 14.3. The quantitative estimate of drug-likeness (QED) is 0.274. The number of quaternary nitrogens is 1. The number of benzene rings is 2. The Hall–Kier alpha value is -3.94. The normalized spacial score (nSPS) is 11.7. The molecular formula is C26H28N7+. The summed E-state index contributed by atoms with van der Waals surface area (Å²) in [4.78, 5) is 15.6. The highest BCUT2D eigenvalue weighted by molar-refractivity contribution is 6.09. The molecule has 0 amide bonds. The highest BCUT2D eigenvalue weighted by Crippen LogP contribution is 2.27. The molecule has 0 aliphatic rings.